The van der Waals surface area contributed by atoms with Crippen LogP contribution < -0.4 is 0 Å². The zero-order chi connectivity index (χ0) is 15.9. The number of carbonyl (C=O) groups is 2. The Morgan fingerprint density at radius 1 is 1.15 bits per heavy atom. The van der Waals surface area contributed by atoms with Crippen LogP contribution in [0.4, 0.5) is 0 Å². The Bertz CT molecular complexity index is 325. The summed E-state index contributed by atoms with van der Waals surface area (Å²) in [5.41, 5.74) is 0. The quantitative estimate of drug-likeness (QED) is 0.570. The predicted molar refractivity (Wildman–Crippen MR) is 76.0 cm³/mol. The number of aliphatic hydroxyl groups excluding tert-OH is 1. The Labute approximate surface area is 120 Å². The van der Waals surface area contributed by atoms with Crippen LogP contribution in [-0.4, -0.2) is 79.3 Å². The average molecular weight is 288 g/mol. The molecule has 0 aliphatic rings. The molecular weight excluding hydrogens is 263 g/mol. The molecule has 0 unspecified atom stereocenters. The van der Waals surface area contributed by atoms with Crippen LogP contribution in [0.5, 0.6) is 0 Å². The second kappa shape index (κ2) is 8.94. The summed E-state index contributed by atoms with van der Waals surface area (Å²) in [4.78, 5) is 26.1. The summed E-state index contributed by atoms with van der Waals surface area (Å²) in [7, 11) is 4.73. The fourth-order valence-corrected chi connectivity index (χ4v) is 1.53. The van der Waals surface area contributed by atoms with E-state index in [4.69, 9.17) is 4.65 Å². The molecule has 0 heterocycles. The Balaban J connectivity index is 4.90. The average Bonchev–Trinajstić information content (AvgIpc) is 2.39. The topological polar surface area (TPSA) is 90.3 Å². The fourth-order valence-electron chi connectivity index (χ4n) is 1.53. The lowest BCUT2D eigenvalue weighted by atomic mass is 9.82. The molecule has 7 nitrogen and oxygen atoms in total. The standard InChI is InChI=1S/C12H25BN2O5/c1-6-7-8-13(19)20-10(12(18)15(4)5)9(16)11(17)14(2)3/h9-10,16,19H,6-8H2,1-5H3/t9-,10-/m0/s1. The SMILES string of the molecule is CCCCB(O)O[C@H](C(=O)N(C)C)[C@H](O)C(=O)N(C)C. The summed E-state index contributed by atoms with van der Waals surface area (Å²) in [6.07, 6.45) is -1.12. The first kappa shape index (κ1) is 18.9. The monoisotopic (exact) mass is 288 g/mol. The third-order valence-corrected chi connectivity index (χ3v) is 2.77. The maximum absolute atomic E-state index is 12.0. The molecule has 0 aromatic heterocycles. The van der Waals surface area contributed by atoms with Crippen LogP contribution in [0.25, 0.3) is 0 Å². The maximum atomic E-state index is 12.0. The predicted octanol–water partition coefficient (Wildman–Crippen LogP) is -0.810. The Hall–Kier alpha value is -1.12. The van der Waals surface area contributed by atoms with Gasteiger partial charge in [-0.2, -0.15) is 0 Å². The third kappa shape index (κ3) is 5.89. The second-order valence-corrected chi connectivity index (χ2v) is 5.06. The van der Waals surface area contributed by atoms with Gasteiger partial charge in [-0.25, -0.2) is 0 Å². The molecule has 0 bridgehead atoms. The van der Waals surface area contributed by atoms with E-state index >= 15 is 0 Å². The molecule has 20 heavy (non-hydrogen) atoms. The molecular formula is C12H25BN2O5. The van der Waals surface area contributed by atoms with Crippen molar-refractivity contribution in [1.29, 1.82) is 0 Å². The van der Waals surface area contributed by atoms with Crippen molar-refractivity contribution in [2.45, 2.75) is 38.3 Å². The molecule has 0 saturated carbocycles. The highest BCUT2D eigenvalue weighted by Gasteiger charge is 2.37. The summed E-state index contributed by atoms with van der Waals surface area (Å²) >= 11 is 0. The molecule has 0 rings (SSSR count). The van der Waals surface area contributed by atoms with Crippen LogP contribution in [0, 0.1) is 0 Å². The highest BCUT2D eigenvalue weighted by atomic mass is 16.5. The molecule has 2 amide bonds. The molecule has 0 aliphatic carbocycles. The van der Waals surface area contributed by atoms with Gasteiger partial charge in [0.2, 0.25) is 0 Å². The number of hydrogen-bond acceptors (Lipinski definition) is 5. The number of amides is 2. The van der Waals surface area contributed by atoms with Crippen molar-refractivity contribution in [2.75, 3.05) is 28.2 Å². The molecule has 116 valence electrons. The second-order valence-electron chi connectivity index (χ2n) is 5.06. The molecule has 0 radical (unpaired) electrons. The summed E-state index contributed by atoms with van der Waals surface area (Å²) in [6.45, 7) is 1.96. The van der Waals surface area contributed by atoms with E-state index in [0.29, 0.717) is 6.32 Å². The summed E-state index contributed by atoms with van der Waals surface area (Å²) < 4.78 is 5.18. The van der Waals surface area contributed by atoms with E-state index in [9.17, 15) is 19.7 Å². The number of aliphatic hydroxyl groups is 1. The summed E-state index contributed by atoms with van der Waals surface area (Å²) in [5.74, 6) is -1.21. The van der Waals surface area contributed by atoms with Crippen LogP contribution >= 0.6 is 0 Å². The minimum absolute atomic E-state index is 0.344. The summed E-state index contributed by atoms with van der Waals surface area (Å²) in [6, 6.07) is 0. The van der Waals surface area contributed by atoms with E-state index in [2.05, 4.69) is 0 Å². The zero-order valence-electron chi connectivity index (χ0n) is 12.9. The molecule has 0 saturated heterocycles. The number of rotatable bonds is 8. The van der Waals surface area contributed by atoms with Gasteiger partial charge in [0.05, 0.1) is 0 Å². The van der Waals surface area contributed by atoms with Gasteiger partial charge in [0, 0.05) is 28.2 Å². The molecule has 0 aliphatic heterocycles. The van der Waals surface area contributed by atoms with Crippen molar-refractivity contribution in [3.8, 4) is 0 Å². The molecule has 0 aromatic rings. The Morgan fingerprint density at radius 3 is 2.05 bits per heavy atom. The van der Waals surface area contributed by atoms with Gasteiger partial charge in [-0.3, -0.25) is 9.59 Å². The van der Waals surface area contributed by atoms with Gasteiger partial charge in [-0.05, 0) is 6.32 Å². The highest BCUT2D eigenvalue weighted by Crippen LogP contribution is 2.10. The number of unbranched alkanes of at least 4 members (excludes halogenated alkanes) is 1. The first-order valence-electron chi connectivity index (χ1n) is 6.66. The van der Waals surface area contributed by atoms with Gasteiger partial charge >= 0.3 is 7.12 Å². The van der Waals surface area contributed by atoms with Crippen molar-refractivity contribution in [3.63, 3.8) is 0 Å². The molecule has 0 aromatic carbocycles. The smallest absolute Gasteiger partial charge is 0.427 e. The number of carbonyl (C=O) groups excluding carboxylic acids is 2. The van der Waals surface area contributed by atoms with Crippen molar-refractivity contribution in [1.82, 2.24) is 9.80 Å². The normalized spacial score (nSPS) is 13.6. The molecule has 0 spiro atoms. The van der Waals surface area contributed by atoms with Gasteiger partial charge in [0.25, 0.3) is 11.8 Å². The first-order chi connectivity index (χ1) is 9.22. The molecule has 0 fully saturated rings. The van der Waals surface area contributed by atoms with Crippen LogP contribution in [0.1, 0.15) is 19.8 Å². The van der Waals surface area contributed by atoms with E-state index < -0.39 is 31.1 Å². The lowest BCUT2D eigenvalue weighted by Gasteiger charge is -2.27. The van der Waals surface area contributed by atoms with Gasteiger partial charge in [0.15, 0.2) is 12.2 Å². The number of nitrogens with zero attached hydrogens (tertiary/aromatic N) is 2. The van der Waals surface area contributed by atoms with Crippen molar-refractivity contribution in [2.24, 2.45) is 0 Å². The molecule has 2 atom stereocenters. The number of likely N-dealkylation sites (N-methyl/N-ethyl adjacent to an activating group) is 2. The molecule has 8 heteroatoms. The maximum Gasteiger partial charge on any atom is 0.454 e. The van der Waals surface area contributed by atoms with E-state index in [0.717, 1.165) is 12.8 Å². The molecule has 2 N–H and O–H groups in total. The van der Waals surface area contributed by atoms with E-state index in [-0.39, 0.29) is 0 Å². The van der Waals surface area contributed by atoms with Crippen molar-refractivity contribution >= 4 is 18.9 Å². The first-order valence-corrected chi connectivity index (χ1v) is 6.66. The Kier molecular flexibility index (Phi) is 8.44. The van der Waals surface area contributed by atoms with E-state index in [1.807, 2.05) is 6.92 Å². The van der Waals surface area contributed by atoms with Crippen LogP contribution in [0.3, 0.4) is 0 Å². The van der Waals surface area contributed by atoms with Crippen LogP contribution in [0.2, 0.25) is 6.32 Å². The Morgan fingerprint density at radius 2 is 1.65 bits per heavy atom. The van der Waals surface area contributed by atoms with Crippen molar-refractivity contribution in [3.05, 3.63) is 0 Å². The number of hydrogen-bond donors (Lipinski definition) is 2. The largest absolute Gasteiger partial charge is 0.454 e. The van der Waals surface area contributed by atoms with Gasteiger partial charge in [-0.15, -0.1) is 0 Å². The zero-order valence-corrected chi connectivity index (χ0v) is 12.9. The van der Waals surface area contributed by atoms with E-state index in [1.54, 1.807) is 0 Å². The lowest BCUT2D eigenvalue weighted by Crippen LogP contribution is -2.52. The van der Waals surface area contributed by atoms with Gasteiger partial charge < -0.3 is 24.6 Å². The van der Waals surface area contributed by atoms with Crippen LogP contribution in [0.15, 0.2) is 0 Å². The minimum Gasteiger partial charge on any atom is -0.427 e. The van der Waals surface area contributed by atoms with Crippen molar-refractivity contribution < 1.29 is 24.4 Å². The van der Waals surface area contributed by atoms with Gasteiger partial charge in [0.1, 0.15) is 0 Å². The van der Waals surface area contributed by atoms with Crippen LogP contribution in [-0.2, 0) is 14.2 Å². The third-order valence-electron chi connectivity index (χ3n) is 2.77. The van der Waals surface area contributed by atoms with Gasteiger partial charge in [-0.1, -0.05) is 19.8 Å². The van der Waals surface area contributed by atoms with E-state index in [1.165, 1.54) is 38.0 Å². The fraction of sp³-hybridized carbons (Fsp3) is 0.833. The minimum atomic E-state index is -1.64. The highest BCUT2D eigenvalue weighted by molar-refractivity contribution is 6.43. The summed E-state index contributed by atoms with van der Waals surface area (Å²) in [5, 5.41) is 19.7. The lowest BCUT2D eigenvalue weighted by molar-refractivity contribution is -0.154.